The second-order valence-electron chi connectivity index (χ2n) is 22.5. The number of carboxylic acids is 2. The first kappa shape index (κ1) is 71.1. The number of aryl methyl sites for hydroxylation is 2. The number of nitrogens with zero attached hydrogens (tertiary/aromatic N) is 6. The Morgan fingerprint density at radius 2 is 1.40 bits per heavy atom. The molecule has 0 spiro atoms. The van der Waals surface area contributed by atoms with Gasteiger partial charge < -0.3 is 58.4 Å². The molecule has 4 aliphatic heterocycles. The number of allylic oxidation sites excluding steroid dienone is 2. The van der Waals surface area contributed by atoms with Gasteiger partial charge in [-0.15, -0.1) is 11.3 Å². The van der Waals surface area contributed by atoms with E-state index in [9.17, 15) is 50.3 Å². The number of unbranched alkanes of at least 4 members (excludes halogenated alkanes) is 3. The third kappa shape index (κ3) is 20.2. The van der Waals surface area contributed by atoms with Crippen LogP contribution in [0.2, 0.25) is 0 Å². The van der Waals surface area contributed by atoms with Crippen LogP contribution in [0.4, 0.5) is 52.0 Å². The van der Waals surface area contributed by atoms with E-state index < -0.39 is 31.3 Å². The number of carboxylic acid groups (broad SMARTS) is 2. The predicted octanol–water partition coefficient (Wildman–Crippen LogP) is 10.6. The molecule has 1 saturated heterocycles. The summed E-state index contributed by atoms with van der Waals surface area (Å²) in [5.41, 5.74) is 5.82. The Morgan fingerprint density at radius 1 is 0.737 bits per heavy atom. The van der Waals surface area contributed by atoms with Crippen molar-refractivity contribution in [1.82, 2.24) is 34.9 Å². The van der Waals surface area contributed by atoms with Gasteiger partial charge in [0.05, 0.1) is 46.1 Å². The van der Waals surface area contributed by atoms with Crippen molar-refractivity contribution in [2.45, 2.75) is 89.5 Å². The normalized spacial score (nSPS) is 14.9. The summed E-state index contributed by atoms with van der Waals surface area (Å²) in [5, 5.41) is 27.7. The molecule has 0 radical (unpaired) electrons. The summed E-state index contributed by atoms with van der Waals surface area (Å²) in [6, 6.07) is 28.9. The molecule has 0 aliphatic carbocycles. The zero-order valence-electron chi connectivity index (χ0n) is 51.2. The molecule has 0 bridgehead atoms. The zero-order chi connectivity index (χ0) is 68.3. The number of para-hydroxylation sites is 3. The standard InChI is InChI=1S/C61H67BF2N10O6S.2C2HF3O2/c63-62(64)73-47(23-24-48(73)39-49-25-28-55(74(49)62)56-16-10-38-81-56)22-18-45-19-26-50(27-20-45)80-42-59(77)65-32-8-1-2-17-57(75)66-33-34-67-58(76)29-21-46-40-71(43-68-46)35-9-7-11-44-30-36-70(37-31-44)41-60(78)72-53-14-5-3-12-51(53)61(79)69-52-13-4-6-15-54(52)72;2*3-2(4,5)1(6)7/h3-6,10,12-16,18-20,22-28,38-40,43-44H,1-2,7-9,11,17,21,29-37,41-42H2,(H,65,77)(H,66,75)(H,67,76)(H,69,79);2*(H,6,7)/b22-18+;;. The minimum absolute atomic E-state index is 0.0536. The van der Waals surface area contributed by atoms with Gasteiger partial charge in [-0.25, -0.2) is 14.6 Å². The Balaban J connectivity index is 0.000000744. The summed E-state index contributed by atoms with van der Waals surface area (Å²) in [5.74, 6) is -5.12. The van der Waals surface area contributed by atoms with Crippen molar-refractivity contribution < 1.29 is 88.0 Å². The van der Waals surface area contributed by atoms with E-state index in [0.29, 0.717) is 109 Å². The van der Waals surface area contributed by atoms with E-state index in [2.05, 4.69) is 35.7 Å². The SMILES string of the molecule is O=C(CCCCCNC(=O)COc1ccc(/C=C/c2ccc3n2[B-](F)(F)[N+]2=C(c4cccs4)C=CC2=C3)cc1)NCCNC(=O)CCc1cn(CCCCC2CCN(CC(=O)N3c4ccccc4NC(=O)c4ccccc43)CC2)cn1.O=C(O)C(F)(F)F.O=C(O)C(F)(F)F. The summed E-state index contributed by atoms with van der Waals surface area (Å²) >= 11 is 1.43. The number of benzene rings is 3. The minimum Gasteiger partial charge on any atom is -0.484 e. The van der Waals surface area contributed by atoms with Crippen LogP contribution in [0, 0.1) is 5.92 Å². The summed E-state index contributed by atoms with van der Waals surface area (Å²) in [6.07, 6.45) is 11.0. The number of hydrogen-bond donors (Lipinski definition) is 6. The Labute approximate surface area is 544 Å². The summed E-state index contributed by atoms with van der Waals surface area (Å²) in [6.45, 7) is -0.310. The Hall–Kier alpha value is -9.71. The van der Waals surface area contributed by atoms with E-state index in [1.54, 1.807) is 77.7 Å². The second kappa shape index (κ2) is 32.9. The van der Waals surface area contributed by atoms with Crippen LogP contribution >= 0.6 is 11.3 Å². The number of rotatable bonds is 25. The van der Waals surface area contributed by atoms with Crippen molar-refractivity contribution in [3.05, 3.63) is 166 Å². The average Bonchev–Trinajstić information content (AvgIpc) is 1.60. The molecule has 3 aromatic carbocycles. The fourth-order valence-electron chi connectivity index (χ4n) is 10.9. The molecular weight excluding hydrogens is 1280 g/mol. The maximum absolute atomic E-state index is 16.1. The number of carbonyl (C=O) groups is 7. The number of fused-ring (bicyclic) bond motifs is 4. The maximum Gasteiger partial charge on any atom is 0.737 e. The number of amides is 5. The first-order valence-corrected chi connectivity index (χ1v) is 31.4. The van der Waals surface area contributed by atoms with Crippen LogP contribution in [0.15, 0.2) is 133 Å². The van der Waals surface area contributed by atoms with Gasteiger partial charge in [0.15, 0.2) is 18.0 Å². The molecule has 0 atom stereocenters. The molecule has 4 aliphatic rings. The van der Waals surface area contributed by atoms with Crippen LogP contribution in [0.5, 0.6) is 5.75 Å². The Morgan fingerprint density at radius 3 is 2.08 bits per heavy atom. The zero-order valence-corrected chi connectivity index (χ0v) is 52.0. The van der Waals surface area contributed by atoms with Crippen LogP contribution in [0.1, 0.15) is 102 Å². The van der Waals surface area contributed by atoms with Crippen molar-refractivity contribution in [2.75, 3.05) is 56.1 Å². The highest BCUT2D eigenvalue weighted by Gasteiger charge is 2.52. The molecule has 7 heterocycles. The van der Waals surface area contributed by atoms with Crippen molar-refractivity contribution in [3.8, 4) is 5.75 Å². The molecule has 30 heteroatoms. The smallest absolute Gasteiger partial charge is 0.484 e. The summed E-state index contributed by atoms with van der Waals surface area (Å²) in [7, 11) is 0. The third-order valence-electron chi connectivity index (χ3n) is 15.6. The highest BCUT2D eigenvalue weighted by atomic mass is 32.1. The molecule has 504 valence electrons. The van der Waals surface area contributed by atoms with E-state index >= 15 is 8.63 Å². The lowest BCUT2D eigenvalue weighted by Crippen LogP contribution is -2.50. The molecule has 0 unspecified atom stereocenters. The van der Waals surface area contributed by atoms with E-state index in [4.69, 9.17) is 24.5 Å². The fourth-order valence-corrected chi connectivity index (χ4v) is 11.7. The van der Waals surface area contributed by atoms with Gasteiger partial charge in [0.25, 0.3) is 11.8 Å². The Bertz CT molecular complexity index is 3800. The van der Waals surface area contributed by atoms with Gasteiger partial charge in [0.2, 0.25) is 17.7 Å². The summed E-state index contributed by atoms with van der Waals surface area (Å²) in [4.78, 5) is 91.2. The van der Waals surface area contributed by atoms with Crippen LogP contribution in [0.25, 0.3) is 18.2 Å². The highest BCUT2D eigenvalue weighted by molar-refractivity contribution is 7.12. The Kier molecular flexibility index (Phi) is 24.7. The topological polar surface area (TPSA) is 250 Å². The predicted molar refractivity (Wildman–Crippen MR) is 341 cm³/mol. The molecule has 6 aromatic rings. The van der Waals surface area contributed by atoms with Gasteiger partial charge in [0, 0.05) is 74.8 Å². The number of aromatic nitrogens is 3. The number of nitrogens with one attached hydrogen (secondary N) is 4. The number of anilines is 3. The molecule has 3 aromatic heterocycles. The molecule has 20 nitrogen and oxygen atoms in total. The highest BCUT2D eigenvalue weighted by Crippen LogP contribution is 2.39. The number of imidazole rings is 1. The monoisotopic (exact) mass is 1340 g/mol. The molecule has 1 fully saturated rings. The number of alkyl halides is 6. The quantitative estimate of drug-likeness (QED) is 0.0178. The van der Waals surface area contributed by atoms with Crippen molar-refractivity contribution >= 4 is 101 Å². The van der Waals surface area contributed by atoms with Crippen molar-refractivity contribution in [1.29, 1.82) is 0 Å². The van der Waals surface area contributed by atoms with Crippen LogP contribution < -0.4 is 30.9 Å². The molecule has 5 amide bonds. The van der Waals surface area contributed by atoms with Gasteiger partial charge in [-0.1, -0.05) is 67.8 Å². The van der Waals surface area contributed by atoms with Crippen LogP contribution in [0.3, 0.4) is 0 Å². The molecule has 0 saturated carbocycles. The number of aliphatic carboxylic acids is 2. The number of thiophene rings is 1. The van der Waals surface area contributed by atoms with E-state index in [0.717, 1.165) is 83.3 Å². The summed E-state index contributed by atoms with van der Waals surface area (Å²) < 4.78 is 106. The first-order valence-electron chi connectivity index (χ1n) is 30.6. The van der Waals surface area contributed by atoms with Crippen molar-refractivity contribution in [2.24, 2.45) is 5.92 Å². The van der Waals surface area contributed by atoms with E-state index in [1.165, 1.54) is 11.3 Å². The van der Waals surface area contributed by atoms with Gasteiger partial charge in [-0.05, 0) is 129 Å². The molecular formula is C65H69BF8N10O10S. The van der Waals surface area contributed by atoms with E-state index in [1.807, 2.05) is 72.5 Å². The number of piperidine rings is 1. The third-order valence-corrected chi connectivity index (χ3v) is 16.5. The van der Waals surface area contributed by atoms with Gasteiger partial charge in [0.1, 0.15) is 5.75 Å². The fraction of sp³-hybridized carbons (Fsp3) is 0.338. The van der Waals surface area contributed by atoms with Gasteiger partial charge in [-0.3, -0.25) is 33.8 Å². The largest absolute Gasteiger partial charge is 0.737 e. The van der Waals surface area contributed by atoms with Crippen LogP contribution in [-0.4, -0.2) is 146 Å². The minimum atomic E-state index is -5.08. The molecule has 6 N–H and O–H groups in total. The number of hydrogen-bond acceptors (Lipinski definition) is 11. The maximum atomic E-state index is 16.1. The first-order chi connectivity index (χ1) is 45.3. The number of carbonyl (C=O) groups excluding carboxylic acids is 5. The van der Waals surface area contributed by atoms with Gasteiger partial charge >= 0.3 is 31.3 Å². The molecule has 95 heavy (non-hydrogen) atoms. The number of likely N-dealkylation sites (tertiary alicyclic amines) is 1. The number of ether oxygens (including phenoxy) is 1. The van der Waals surface area contributed by atoms with Gasteiger partial charge in [-0.2, -0.15) is 26.3 Å². The average molecular weight is 1350 g/mol. The van der Waals surface area contributed by atoms with Crippen molar-refractivity contribution in [3.63, 3.8) is 0 Å². The number of halogens is 8. The molecule has 10 rings (SSSR count). The lowest BCUT2D eigenvalue weighted by molar-refractivity contribution is -0.360. The lowest BCUT2D eigenvalue weighted by atomic mass is 9.90. The second-order valence-corrected chi connectivity index (χ2v) is 23.4. The lowest BCUT2D eigenvalue weighted by Gasteiger charge is -2.33. The van der Waals surface area contributed by atoms with E-state index in [-0.39, 0.29) is 42.7 Å². The van der Waals surface area contributed by atoms with Crippen LogP contribution in [-0.2, 0) is 41.7 Å².